The molecule has 0 saturated heterocycles. The molecule has 3 nitrogen and oxygen atoms in total. The maximum atomic E-state index is 10.2. The second kappa shape index (κ2) is 7.61. The molecular formula is C16H34N2O. The van der Waals surface area contributed by atoms with Crippen molar-refractivity contribution in [2.45, 2.75) is 78.0 Å². The first-order valence-corrected chi connectivity index (χ1v) is 7.99. The number of nitrogens with zero attached hydrogens (tertiary/aromatic N) is 1. The molecule has 3 atom stereocenters. The van der Waals surface area contributed by atoms with Gasteiger partial charge < -0.3 is 15.3 Å². The van der Waals surface area contributed by atoms with Crippen molar-refractivity contribution in [3.8, 4) is 0 Å². The lowest BCUT2D eigenvalue weighted by atomic mass is 9.84. The second-order valence-electron chi connectivity index (χ2n) is 7.03. The Hall–Kier alpha value is -0.120. The summed E-state index contributed by atoms with van der Waals surface area (Å²) in [5, 5.41) is 13.7. The summed E-state index contributed by atoms with van der Waals surface area (Å²) < 4.78 is 0. The zero-order chi connectivity index (χ0) is 14.5. The minimum atomic E-state index is -0.127. The van der Waals surface area contributed by atoms with Crippen LogP contribution in [0.1, 0.15) is 59.8 Å². The van der Waals surface area contributed by atoms with E-state index in [1.54, 1.807) is 0 Å². The average Bonchev–Trinajstić information content (AvgIpc) is 2.37. The summed E-state index contributed by atoms with van der Waals surface area (Å²) in [7, 11) is 2.18. The first-order valence-electron chi connectivity index (χ1n) is 7.99. The highest BCUT2D eigenvalue weighted by Crippen LogP contribution is 2.27. The van der Waals surface area contributed by atoms with Gasteiger partial charge in [-0.3, -0.25) is 0 Å². The Labute approximate surface area is 119 Å². The van der Waals surface area contributed by atoms with Crippen molar-refractivity contribution in [1.82, 2.24) is 10.2 Å². The van der Waals surface area contributed by atoms with Crippen molar-refractivity contribution >= 4 is 0 Å². The van der Waals surface area contributed by atoms with Gasteiger partial charge in [0.1, 0.15) is 0 Å². The van der Waals surface area contributed by atoms with Gasteiger partial charge in [0.25, 0.3) is 0 Å². The molecule has 0 radical (unpaired) electrons. The van der Waals surface area contributed by atoms with Crippen LogP contribution < -0.4 is 5.32 Å². The zero-order valence-electron chi connectivity index (χ0n) is 13.6. The molecular weight excluding hydrogens is 236 g/mol. The first-order chi connectivity index (χ1) is 8.88. The van der Waals surface area contributed by atoms with E-state index in [1.165, 1.54) is 19.3 Å². The molecule has 0 aromatic rings. The molecule has 0 bridgehead atoms. The normalized spacial score (nSPS) is 27.8. The van der Waals surface area contributed by atoms with Gasteiger partial charge in [0.2, 0.25) is 0 Å². The number of hydrogen-bond acceptors (Lipinski definition) is 3. The number of nitrogens with one attached hydrogen (secondary N) is 1. The predicted molar refractivity (Wildman–Crippen MR) is 82.4 cm³/mol. The molecule has 3 unspecified atom stereocenters. The summed E-state index contributed by atoms with van der Waals surface area (Å²) in [4.78, 5) is 2.40. The van der Waals surface area contributed by atoms with Gasteiger partial charge in [0.05, 0.1) is 6.10 Å². The Morgan fingerprint density at radius 1 is 1.32 bits per heavy atom. The van der Waals surface area contributed by atoms with Gasteiger partial charge in [-0.15, -0.1) is 0 Å². The topological polar surface area (TPSA) is 35.5 Å². The van der Waals surface area contributed by atoms with Gasteiger partial charge in [-0.1, -0.05) is 40.5 Å². The predicted octanol–water partition coefficient (Wildman–Crippen LogP) is 2.64. The fourth-order valence-corrected chi connectivity index (χ4v) is 3.07. The van der Waals surface area contributed by atoms with Crippen LogP contribution in [0.3, 0.4) is 0 Å². The van der Waals surface area contributed by atoms with E-state index < -0.39 is 0 Å². The van der Waals surface area contributed by atoms with E-state index in [0.29, 0.717) is 12.1 Å². The smallest absolute Gasteiger partial charge is 0.0695 e. The molecule has 1 rings (SSSR count). The highest BCUT2D eigenvalue weighted by molar-refractivity contribution is 4.86. The number of aliphatic hydroxyl groups excluding tert-OH is 1. The molecule has 114 valence electrons. The molecule has 0 aromatic carbocycles. The minimum Gasteiger partial charge on any atom is -0.391 e. The quantitative estimate of drug-likeness (QED) is 0.746. The van der Waals surface area contributed by atoms with Gasteiger partial charge in [-0.05, 0) is 31.7 Å². The maximum absolute atomic E-state index is 10.2. The Kier molecular flexibility index (Phi) is 6.78. The van der Waals surface area contributed by atoms with Gasteiger partial charge in [-0.2, -0.15) is 0 Å². The van der Waals surface area contributed by atoms with Crippen LogP contribution in [-0.2, 0) is 0 Å². The van der Waals surface area contributed by atoms with Gasteiger partial charge in [0, 0.05) is 25.2 Å². The van der Waals surface area contributed by atoms with E-state index in [2.05, 4.69) is 45.0 Å². The largest absolute Gasteiger partial charge is 0.391 e. The molecule has 3 heteroatoms. The second-order valence-corrected chi connectivity index (χ2v) is 7.03. The van der Waals surface area contributed by atoms with Crippen LogP contribution in [-0.4, -0.2) is 48.3 Å². The lowest BCUT2D eigenvalue weighted by Gasteiger charge is -2.41. The van der Waals surface area contributed by atoms with Crippen LogP contribution in [0.25, 0.3) is 0 Å². The molecule has 0 spiro atoms. The highest BCUT2D eigenvalue weighted by Gasteiger charge is 2.31. The van der Waals surface area contributed by atoms with E-state index in [4.69, 9.17) is 0 Å². The molecule has 1 aliphatic rings. The Morgan fingerprint density at radius 2 is 1.95 bits per heavy atom. The van der Waals surface area contributed by atoms with E-state index in [0.717, 1.165) is 25.9 Å². The third kappa shape index (κ3) is 5.41. The van der Waals surface area contributed by atoms with Crippen LogP contribution in [0, 0.1) is 5.41 Å². The third-order valence-corrected chi connectivity index (χ3v) is 4.68. The van der Waals surface area contributed by atoms with Gasteiger partial charge in [-0.25, -0.2) is 0 Å². The molecule has 1 aliphatic carbocycles. The van der Waals surface area contributed by atoms with Crippen molar-refractivity contribution in [1.29, 1.82) is 0 Å². The molecule has 1 saturated carbocycles. The standard InChI is InChI=1S/C16H34N2O/c1-6-16(4,11-17-13(2)3)12-18(5)14-9-7-8-10-15(14)19/h13-15,17,19H,6-12H2,1-5H3. The van der Waals surface area contributed by atoms with Crippen LogP contribution in [0.2, 0.25) is 0 Å². The monoisotopic (exact) mass is 270 g/mol. The van der Waals surface area contributed by atoms with Crippen molar-refractivity contribution in [2.75, 3.05) is 20.1 Å². The van der Waals surface area contributed by atoms with Crippen molar-refractivity contribution in [3.63, 3.8) is 0 Å². The molecule has 19 heavy (non-hydrogen) atoms. The van der Waals surface area contributed by atoms with Crippen LogP contribution in [0.4, 0.5) is 0 Å². The molecule has 0 aromatic heterocycles. The maximum Gasteiger partial charge on any atom is 0.0695 e. The summed E-state index contributed by atoms with van der Waals surface area (Å²) in [5.41, 5.74) is 0.288. The molecule has 0 aliphatic heterocycles. The molecule has 0 heterocycles. The van der Waals surface area contributed by atoms with Crippen molar-refractivity contribution in [2.24, 2.45) is 5.41 Å². The lowest BCUT2D eigenvalue weighted by molar-refractivity contribution is 0.0137. The first kappa shape index (κ1) is 16.9. The SMILES string of the molecule is CCC(C)(CNC(C)C)CN(C)C1CCCCC1O. The summed E-state index contributed by atoms with van der Waals surface area (Å²) >= 11 is 0. The third-order valence-electron chi connectivity index (χ3n) is 4.68. The Bertz CT molecular complexity index is 257. The zero-order valence-corrected chi connectivity index (χ0v) is 13.6. The lowest BCUT2D eigenvalue weighted by Crippen LogP contribution is -2.49. The Morgan fingerprint density at radius 3 is 2.47 bits per heavy atom. The van der Waals surface area contributed by atoms with Crippen molar-refractivity contribution < 1.29 is 5.11 Å². The summed E-state index contributed by atoms with van der Waals surface area (Å²) in [6.45, 7) is 11.1. The average molecular weight is 270 g/mol. The van der Waals surface area contributed by atoms with Gasteiger partial charge >= 0.3 is 0 Å². The fraction of sp³-hybridized carbons (Fsp3) is 1.00. The van der Waals surface area contributed by atoms with E-state index >= 15 is 0 Å². The summed E-state index contributed by atoms with van der Waals surface area (Å²) in [5.74, 6) is 0. The fourth-order valence-electron chi connectivity index (χ4n) is 3.07. The van der Waals surface area contributed by atoms with E-state index in [1.807, 2.05) is 0 Å². The number of likely N-dealkylation sites (N-methyl/N-ethyl adjacent to an activating group) is 1. The molecule has 0 amide bonds. The molecule has 2 N–H and O–H groups in total. The number of aliphatic hydroxyl groups is 1. The Balaban J connectivity index is 2.53. The summed E-state index contributed by atoms with van der Waals surface area (Å²) in [6.07, 6.45) is 5.61. The van der Waals surface area contributed by atoms with Crippen molar-refractivity contribution in [3.05, 3.63) is 0 Å². The number of rotatable bonds is 7. The number of hydrogen-bond donors (Lipinski definition) is 2. The minimum absolute atomic E-state index is 0.127. The van der Waals surface area contributed by atoms with Crippen LogP contribution >= 0.6 is 0 Å². The van der Waals surface area contributed by atoms with E-state index in [9.17, 15) is 5.11 Å². The molecule has 1 fully saturated rings. The van der Waals surface area contributed by atoms with E-state index in [-0.39, 0.29) is 11.5 Å². The van der Waals surface area contributed by atoms with Crippen LogP contribution in [0.15, 0.2) is 0 Å². The van der Waals surface area contributed by atoms with Gasteiger partial charge in [0.15, 0.2) is 0 Å². The summed E-state index contributed by atoms with van der Waals surface area (Å²) in [6, 6.07) is 0.898. The highest BCUT2D eigenvalue weighted by atomic mass is 16.3. The van der Waals surface area contributed by atoms with Crippen LogP contribution in [0.5, 0.6) is 0 Å².